The van der Waals surface area contributed by atoms with E-state index in [-0.39, 0.29) is 5.41 Å². The minimum absolute atomic E-state index is 0.00807. The molecule has 0 aromatic heterocycles. The lowest BCUT2D eigenvalue weighted by atomic mass is 9.88. The molecule has 0 saturated heterocycles. The molecular formula is C15H22N2O2S. The Bertz CT molecular complexity index is 613. The SMILES string of the molecule is Cc1ccc(NCC(C)(C)CCC#N)cc1S(C)(=O)=O. The summed E-state index contributed by atoms with van der Waals surface area (Å²) < 4.78 is 23.4. The van der Waals surface area contributed by atoms with E-state index in [1.54, 1.807) is 19.1 Å². The zero-order chi connectivity index (χ0) is 15.4. The highest BCUT2D eigenvalue weighted by atomic mass is 32.2. The van der Waals surface area contributed by atoms with E-state index in [1.165, 1.54) is 6.26 Å². The first-order valence-electron chi connectivity index (χ1n) is 6.57. The minimum Gasteiger partial charge on any atom is -0.384 e. The van der Waals surface area contributed by atoms with E-state index in [1.807, 2.05) is 6.07 Å². The number of sulfone groups is 1. The molecule has 0 amide bonds. The molecular weight excluding hydrogens is 272 g/mol. The molecule has 110 valence electrons. The molecule has 1 N–H and O–H groups in total. The molecule has 0 radical (unpaired) electrons. The molecule has 0 spiro atoms. The average molecular weight is 294 g/mol. The molecule has 1 rings (SSSR count). The molecule has 1 aromatic rings. The molecule has 1 aromatic carbocycles. The molecule has 0 atom stereocenters. The fraction of sp³-hybridized carbons (Fsp3) is 0.533. The lowest BCUT2D eigenvalue weighted by Crippen LogP contribution is -2.23. The van der Waals surface area contributed by atoms with E-state index in [2.05, 4.69) is 25.2 Å². The number of aryl methyl sites for hydroxylation is 1. The van der Waals surface area contributed by atoms with Gasteiger partial charge in [-0.15, -0.1) is 0 Å². The number of nitriles is 1. The summed E-state index contributed by atoms with van der Waals surface area (Å²) in [5.74, 6) is 0. The molecule has 0 heterocycles. The molecule has 20 heavy (non-hydrogen) atoms. The van der Waals surface area contributed by atoms with E-state index in [0.29, 0.717) is 17.9 Å². The van der Waals surface area contributed by atoms with Crippen LogP contribution in [0.4, 0.5) is 5.69 Å². The van der Waals surface area contributed by atoms with Gasteiger partial charge in [0.15, 0.2) is 9.84 Å². The van der Waals surface area contributed by atoms with Crippen LogP contribution in [-0.2, 0) is 9.84 Å². The summed E-state index contributed by atoms with van der Waals surface area (Å²) in [4.78, 5) is 0.359. The number of anilines is 1. The fourth-order valence-electron chi connectivity index (χ4n) is 1.93. The lowest BCUT2D eigenvalue weighted by Gasteiger charge is -2.24. The molecule has 0 aliphatic rings. The minimum atomic E-state index is -3.21. The van der Waals surface area contributed by atoms with Crippen molar-refractivity contribution >= 4 is 15.5 Å². The van der Waals surface area contributed by atoms with Gasteiger partial charge in [-0.3, -0.25) is 0 Å². The van der Waals surface area contributed by atoms with Gasteiger partial charge in [-0.1, -0.05) is 19.9 Å². The van der Waals surface area contributed by atoms with Crippen LogP contribution < -0.4 is 5.32 Å². The summed E-state index contributed by atoms with van der Waals surface area (Å²) in [7, 11) is -3.21. The molecule has 0 fully saturated rings. The number of hydrogen-bond donors (Lipinski definition) is 1. The van der Waals surface area contributed by atoms with Crippen molar-refractivity contribution in [2.24, 2.45) is 5.41 Å². The van der Waals surface area contributed by atoms with E-state index < -0.39 is 9.84 Å². The maximum atomic E-state index is 11.7. The fourth-order valence-corrected chi connectivity index (χ4v) is 2.93. The van der Waals surface area contributed by atoms with Crippen molar-refractivity contribution < 1.29 is 8.42 Å². The Balaban J connectivity index is 2.83. The normalized spacial score (nSPS) is 11.9. The number of hydrogen-bond acceptors (Lipinski definition) is 4. The number of nitrogens with one attached hydrogen (secondary N) is 1. The summed E-state index contributed by atoms with van der Waals surface area (Å²) >= 11 is 0. The van der Waals surface area contributed by atoms with Crippen LogP contribution in [-0.4, -0.2) is 21.2 Å². The van der Waals surface area contributed by atoms with E-state index in [4.69, 9.17) is 5.26 Å². The lowest BCUT2D eigenvalue weighted by molar-refractivity contribution is 0.364. The molecule has 0 bridgehead atoms. The molecule has 0 aliphatic heterocycles. The van der Waals surface area contributed by atoms with Gasteiger partial charge < -0.3 is 5.32 Å². The molecule has 0 aliphatic carbocycles. The predicted octanol–water partition coefficient (Wildman–Crippen LogP) is 3.14. The molecule has 0 saturated carbocycles. The largest absolute Gasteiger partial charge is 0.384 e. The average Bonchev–Trinajstić information content (AvgIpc) is 2.34. The van der Waals surface area contributed by atoms with Crippen molar-refractivity contribution in [2.45, 2.75) is 38.5 Å². The van der Waals surface area contributed by atoms with Crippen molar-refractivity contribution in [2.75, 3.05) is 18.1 Å². The zero-order valence-electron chi connectivity index (χ0n) is 12.5. The third kappa shape index (κ3) is 4.86. The van der Waals surface area contributed by atoms with Gasteiger partial charge in [0.05, 0.1) is 11.0 Å². The van der Waals surface area contributed by atoms with E-state index in [0.717, 1.165) is 17.7 Å². The Morgan fingerprint density at radius 2 is 2.00 bits per heavy atom. The van der Waals surface area contributed by atoms with Crippen LogP contribution in [0.1, 0.15) is 32.3 Å². The summed E-state index contributed by atoms with van der Waals surface area (Å²) in [6, 6.07) is 7.51. The quantitative estimate of drug-likeness (QED) is 0.875. The monoisotopic (exact) mass is 294 g/mol. The maximum absolute atomic E-state index is 11.7. The third-order valence-electron chi connectivity index (χ3n) is 3.27. The summed E-state index contributed by atoms with van der Waals surface area (Å²) in [5.41, 5.74) is 1.54. The number of rotatable bonds is 6. The van der Waals surface area contributed by atoms with Crippen LogP contribution in [0.25, 0.3) is 0 Å². The second-order valence-corrected chi connectivity index (χ2v) is 7.91. The maximum Gasteiger partial charge on any atom is 0.175 e. The van der Waals surface area contributed by atoms with Crippen LogP contribution >= 0.6 is 0 Å². The molecule has 4 nitrogen and oxygen atoms in total. The predicted molar refractivity (Wildman–Crippen MR) is 81.4 cm³/mol. The van der Waals surface area contributed by atoms with Crippen LogP contribution in [0.2, 0.25) is 0 Å². The van der Waals surface area contributed by atoms with Gasteiger partial charge in [0.25, 0.3) is 0 Å². The van der Waals surface area contributed by atoms with E-state index in [9.17, 15) is 8.42 Å². The van der Waals surface area contributed by atoms with Crippen LogP contribution in [0, 0.1) is 23.7 Å². The van der Waals surface area contributed by atoms with Crippen molar-refractivity contribution in [3.63, 3.8) is 0 Å². The zero-order valence-corrected chi connectivity index (χ0v) is 13.3. The van der Waals surface area contributed by atoms with Crippen LogP contribution in [0.5, 0.6) is 0 Å². The van der Waals surface area contributed by atoms with Gasteiger partial charge in [0.1, 0.15) is 0 Å². The van der Waals surface area contributed by atoms with Crippen molar-refractivity contribution in [3.05, 3.63) is 23.8 Å². The summed E-state index contributed by atoms with van der Waals surface area (Å²) in [5, 5.41) is 11.9. The first-order chi connectivity index (χ1) is 9.15. The van der Waals surface area contributed by atoms with E-state index >= 15 is 0 Å². The number of nitrogens with zero attached hydrogens (tertiary/aromatic N) is 1. The Morgan fingerprint density at radius 1 is 1.35 bits per heavy atom. The van der Waals surface area contributed by atoms with Gasteiger partial charge in [0, 0.05) is 24.9 Å². The van der Waals surface area contributed by atoms with Crippen molar-refractivity contribution in [3.8, 4) is 6.07 Å². The summed E-state index contributed by atoms with van der Waals surface area (Å²) in [6.45, 7) is 6.66. The Kier molecular flexibility index (Phi) is 5.18. The van der Waals surface area contributed by atoms with Crippen LogP contribution in [0.3, 0.4) is 0 Å². The highest BCUT2D eigenvalue weighted by molar-refractivity contribution is 7.90. The van der Waals surface area contributed by atoms with Crippen molar-refractivity contribution in [1.82, 2.24) is 0 Å². The third-order valence-corrected chi connectivity index (χ3v) is 4.51. The smallest absolute Gasteiger partial charge is 0.175 e. The highest BCUT2D eigenvalue weighted by Crippen LogP contribution is 2.25. The summed E-state index contributed by atoms with van der Waals surface area (Å²) in [6.07, 6.45) is 2.55. The van der Waals surface area contributed by atoms with Crippen molar-refractivity contribution in [1.29, 1.82) is 5.26 Å². The first kappa shape index (κ1) is 16.5. The number of benzene rings is 1. The standard InChI is InChI=1S/C15H22N2O2S/c1-12-6-7-13(10-14(12)20(4,18)19)17-11-15(2,3)8-5-9-16/h6-7,10,17H,5,8,11H2,1-4H3. The Morgan fingerprint density at radius 3 is 2.55 bits per heavy atom. The Hall–Kier alpha value is -1.54. The molecule has 0 unspecified atom stereocenters. The van der Waals surface area contributed by atoms with Gasteiger partial charge in [-0.05, 0) is 36.5 Å². The van der Waals surface area contributed by atoms with Gasteiger partial charge in [0.2, 0.25) is 0 Å². The second-order valence-electron chi connectivity index (χ2n) is 5.93. The topological polar surface area (TPSA) is 70.0 Å². The van der Waals surface area contributed by atoms with Gasteiger partial charge in [-0.2, -0.15) is 5.26 Å². The second kappa shape index (κ2) is 6.27. The first-order valence-corrected chi connectivity index (χ1v) is 8.46. The van der Waals surface area contributed by atoms with Gasteiger partial charge >= 0.3 is 0 Å². The Labute approximate surface area is 121 Å². The highest BCUT2D eigenvalue weighted by Gasteiger charge is 2.18. The van der Waals surface area contributed by atoms with Gasteiger partial charge in [-0.25, -0.2) is 8.42 Å². The van der Waals surface area contributed by atoms with Crippen LogP contribution in [0.15, 0.2) is 23.1 Å². The molecule has 5 heteroatoms.